The third kappa shape index (κ3) is 2.83. The first-order valence-corrected chi connectivity index (χ1v) is 7.87. The van der Waals surface area contributed by atoms with Crippen molar-refractivity contribution in [3.05, 3.63) is 40.6 Å². The van der Waals surface area contributed by atoms with Gasteiger partial charge < -0.3 is 9.80 Å². The standard InChI is InChI=1S/C13H13BrN4OS/c14-11-3-1-2-10(8-11)12(19)17-4-6-18(7-5-17)13-15-9-16-20-13/h1-3,8-9H,4-7H2. The summed E-state index contributed by atoms with van der Waals surface area (Å²) in [5.41, 5.74) is 0.726. The van der Waals surface area contributed by atoms with Gasteiger partial charge in [-0.1, -0.05) is 22.0 Å². The molecule has 7 heteroatoms. The Labute approximate surface area is 129 Å². The fraction of sp³-hybridized carbons (Fsp3) is 0.308. The van der Waals surface area contributed by atoms with Gasteiger partial charge in [0.05, 0.1) is 0 Å². The lowest BCUT2D eigenvalue weighted by Crippen LogP contribution is -2.48. The number of carbonyl (C=O) groups excluding carboxylic acids is 1. The van der Waals surface area contributed by atoms with Crippen molar-refractivity contribution in [2.24, 2.45) is 0 Å². The van der Waals surface area contributed by atoms with Crippen LogP contribution < -0.4 is 4.90 Å². The lowest BCUT2D eigenvalue weighted by molar-refractivity contribution is 0.0746. The molecule has 0 N–H and O–H groups in total. The molecule has 1 aromatic carbocycles. The van der Waals surface area contributed by atoms with E-state index in [1.807, 2.05) is 29.2 Å². The van der Waals surface area contributed by atoms with Gasteiger partial charge in [-0.3, -0.25) is 4.79 Å². The summed E-state index contributed by atoms with van der Waals surface area (Å²) in [7, 11) is 0. The van der Waals surface area contributed by atoms with Crippen LogP contribution >= 0.6 is 27.5 Å². The molecular formula is C13H13BrN4OS. The van der Waals surface area contributed by atoms with Crippen molar-refractivity contribution >= 4 is 38.5 Å². The van der Waals surface area contributed by atoms with Gasteiger partial charge in [0.2, 0.25) is 5.13 Å². The molecule has 2 heterocycles. The second-order valence-electron chi connectivity index (χ2n) is 4.51. The van der Waals surface area contributed by atoms with E-state index in [2.05, 4.69) is 30.2 Å². The average molecular weight is 353 g/mol. The largest absolute Gasteiger partial charge is 0.343 e. The van der Waals surface area contributed by atoms with Crippen LogP contribution in [0, 0.1) is 0 Å². The maximum Gasteiger partial charge on any atom is 0.254 e. The zero-order chi connectivity index (χ0) is 13.9. The molecule has 104 valence electrons. The second kappa shape index (κ2) is 5.88. The summed E-state index contributed by atoms with van der Waals surface area (Å²) in [6, 6.07) is 7.52. The lowest BCUT2D eigenvalue weighted by Gasteiger charge is -2.34. The van der Waals surface area contributed by atoms with Crippen molar-refractivity contribution in [1.82, 2.24) is 14.3 Å². The Balaban J connectivity index is 1.65. The number of hydrogen-bond donors (Lipinski definition) is 0. The van der Waals surface area contributed by atoms with Gasteiger partial charge in [0, 0.05) is 47.7 Å². The van der Waals surface area contributed by atoms with Crippen LogP contribution in [0.25, 0.3) is 0 Å². The number of aromatic nitrogens is 2. The molecule has 0 bridgehead atoms. The van der Waals surface area contributed by atoms with E-state index in [1.165, 1.54) is 11.5 Å². The predicted octanol–water partition coefficient (Wildman–Crippen LogP) is 2.26. The SMILES string of the molecule is O=C(c1cccc(Br)c1)N1CCN(c2ncns2)CC1. The van der Waals surface area contributed by atoms with E-state index in [1.54, 1.807) is 6.33 Å². The third-order valence-electron chi connectivity index (χ3n) is 3.26. The van der Waals surface area contributed by atoms with Crippen molar-refractivity contribution in [3.63, 3.8) is 0 Å². The van der Waals surface area contributed by atoms with Crippen LogP contribution in [0.5, 0.6) is 0 Å². The van der Waals surface area contributed by atoms with Crippen molar-refractivity contribution in [2.45, 2.75) is 0 Å². The number of carbonyl (C=O) groups is 1. The highest BCUT2D eigenvalue weighted by atomic mass is 79.9. The molecule has 0 spiro atoms. The molecule has 2 aromatic rings. The number of nitrogens with zero attached hydrogens (tertiary/aromatic N) is 4. The minimum atomic E-state index is 0.0863. The van der Waals surface area contributed by atoms with Crippen LogP contribution in [0.1, 0.15) is 10.4 Å². The van der Waals surface area contributed by atoms with Crippen molar-refractivity contribution in [3.8, 4) is 0 Å². The van der Waals surface area contributed by atoms with E-state index >= 15 is 0 Å². The smallest absolute Gasteiger partial charge is 0.254 e. The molecule has 1 fully saturated rings. The molecule has 1 aliphatic rings. The molecule has 1 saturated heterocycles. The Morgan fingerprint density at radius 1 is 1.25 bits per heavy atom. The van der Waals surface area contributed by atoms with Crippen molar-refractivity contribution < 1.29 is 4.79 Å². The lowest BCUT2D eigenvalue weighted by atomic mass is 10.2. The summed E-state index contributed by atoms with van der Waals surface area (Å²) < 4.78 is 4.94. The zero-order valence-corrected chi connectivity index (χ0v) is 13.1. The summed E-state index contributed by atoms with van der Waals surface area (Å²) in [5.74, 6) is 0.0863. The quantitative estimate of drug-likeness (QED) is 0.831. The topological polar surface area (TPSA) is 49.3 Å². The van der Waals surface area contributed by atoms with Crippen LogP contribution in [0.4, 0.5) is 5.13 Å². The van der Waals surface area contributed by atoms with Gasteiger partial charge in [0.1, 0.15) is 6.33 Å². The normalized spacial score (nSPS) is 15.4. The van der Waals surface area contributed by atoms with E-state index < -0.39 is 0 Å². The first-order chi connectivity index (χ1) is 9.74. The molecule has 0 atom stereocenters. The molecule has 20 heavy (non-hydrogen) atoms. The van der Waals surface area contributed by atoms with Gasteiger partial charge in [-0.2, -0.15) is 4.37 Å². The number of benzene rings is 1. The number of amides is 1. The van der Waals surface area contributed by atoms with Gasteiger partial charge in [-0.05, 0) is 18.2 Å². The zero-order valence-electron chi connectivity index (χ0n) is 10.7. The second-order valence-corrected chi connectivity index (χ2v) is 6.19. The average Bonchev–Trinajstić information content (AvgIpc) is 3.01. The van der Waals surface area contributed by atoms with E-state index in [0.717, 1.165) is 28.3 Å². The van der Waals surface area contributed by atoms with E-state index in [4.69, 9.17) is 0 Å². The van der Waals surface area contributed by atoms with Crippen LogP contribution in [0.3, 0.4) is 0 Å². The maximum atomic E-state index is 12.4. The molecule has 1 aliphatic heterocycles. The highest BCUT2D eigenvalue weighted by molar-refractivity contribution is 9.10. The van der Waals surface area contributed by atoms with E-state index in [-0.39, 0.29) is 5.91 Å². The minimum absolute atomic E-state index is 0.0863. The molecule has 1 aromatic heterocycles. The van der Waals surface area contributed by atoms with Gasteiger partial charge in [-0.25, -0.2) is 4.98 Å². The summed E-state index contributed by atoms with van der Waals surface area (Å²) >= 11 is 4.79. The predicted molar refractivity (Wildman–Crippen MR) is 82.2 cm³/mol. The molecule has 3 rings (SSSR count). The Kier molecular flexibility index (Phi) is 3.98. The van der Waals surface area contributed by atoms with Crippen molar-refractivity contribution in [1.29, 1.82) is 0 Å². The number of piperazine rings is 1. The Morgan fingerprint density at radius 3 is 2.70 bits per heavy atom. The monoisotopic (exact) mass is 352 g/mol. The van der Waals surface area contributed by atoms with Crippen LogP contribution in [-0.2, 0) is 0 Å². The maximum absolute atomic E-state index is 12.4. The first kappa shape index (κ1) is 13.5. The fourth-order valence-electron chi connectivity index (χ4n) is 2.21. The summed E-state index contributed by atoms with van der Waals surface area (Å²) in [5, 5.41) is 0.930. The van der Waals surface area contributed by atoms with E-state index in [0.29, 0.717) is 13.1 Å². The van der Waals surface area contributed by atoms with Gasteiger partial charge in [0.15, 0.2) is 0 Å². The summed E-state index contributed by atoms with van der Waals surface area (Å²) in [4.78, 5) is 20.7. The molecule has 0 unspecified atom stereocenters. The molecule has 5 nitrogen and oxygen atoms in total. The molecule has 0 radical (unpaired) electrons. The number of anilines is 1. The van der Waals surface area contributed by atoms with Crippen LogP contribution in [-0.4, -0.2) is 46.3 Å². The van der Waals surface area contributed by atoms with Gasteiger partial charge in [-0.15, -0.1) is 0 Å². The number of rotatable bonds is 2. The molecule has 0 aliphatic carbocycles. The first-order valence-electron chi connectivity index (χ1n) is 6.30. The Hall–Kier alpha value is -1.47. The van der Waals surface area contributed by atoms with Gasteiger partial charge >= 0.3 is 0 Å². The molecular weight excluding hydrogens is 340 g/mol. The van der Waals surface area contributed by atoms with Crippen LogP contribution in [0.15, 0.2) is 35.1 Å². The number of hydrogen-bond acceptors (Lipinski definition) is 5. The summed E-state index contributed by atoms with van der Waals surface area (Å²) in [6.45, 7) is 3.03. The van der Waals surface area contributed by atoms with E-state index in [9.17, 15) is 4.79 Å². The van der Waals surface area contributed by atoms with Crippen molar-refractivity contribution in [2.75, 3.05) is 31.1 Å². The Bertz CT molecular complexity index is 596. The Morgan fingerprint density at radius 2 is 2.05 bits per heavy atom. The molecule has 1 amide bonds. The highest BCUT2D eigenvalue weighted by Gasteiger charge is 2.23. The fourth-order valence-corrected chi connectivity index (χ4v) is 3.19. The molecule has 0 saturated carbocycles. The number of halogens is 1. The van der Waals surface area contributed by atoms with Crippen LogP contribution in [0.2, 0.25) is 0 Å². The highest BCUT2D eigenvalue weighted by Crippen LogP contribution is 2.18. The third-order valence-corrected chi connectivity index (χ3v) is 4.48. The van der Waals surface area contributed by atoms with Gasteiger partial charge in [0.25, 0.3) is 5.91 Å². The minimum Gasteiger partial charge on any atom is -0.343 e. The summed E-state index contributed by atoms with van der Waals surface area (Å²) in [6.07, 6.45) is 1.57.